The van der Waals surface area contributed by atoms with Crippen LogP contribution in [0.25, 0.3) is 0 Å². The van der Waals surface area contributed by atoms with E-state index in [0.717, 1.165) is 5.92 Å². The minimum absolute atomic E-state index is 1.03. The lowest BCUT2D eigenvalue weighted by molar-refractivity contribution is 0.186. The van der Waals surface area contributed by atoms with E-state index in [1.54, 1.807) is 0 Å². The normalized spacial score (nSPS) is 20.5. The van der Waals surface area contributed by atoms with E-state index in [0.29, 0.717) is 0 Å². The van der Waals surface area contributed by atoms with Gasteiger partial charge in [-0.25, -0.2) is 0 Å². The van der Waals surface area contributed by atoms with Crippen molar-refractivity contribution in [1.82, 2.24) is 4.90 Å². The van der Waals surface area contributed by atoms with Crippen molar-refractivity contribution in [2.75, 3.05) is 19.6 Å². The summed E-state index contributed by atoms with van der Waals surface area (Å²) in [5, 5.41) is 0. The SMILES string of the molecule is C[B]CCN1CCC(CCC)CC1. The largest absolute Gasteiger partial charge is 0.304 e. The van der Waals surface area contributed by atoms with E-state index in [9.17, 15) is 0 Å². The van der Waals surface area contributed by atoms with Crippen molar-refractivity contribution in [3.63, 3.8) is 0 Å². The van der Waals surface area contributed by atoms with E-state index in [1.807, 2.05) is 0 Å². The highest BCUT2D eigenvalue weighted by Crippen LogP contribution is 2.21. The summed E-state index contributed by atoms with van der Waals surface area (Å²) in [6.45, 7) is 8.44. The average Bonchev–Trinajstić information content (AvgIpc) is 2.17. The molecule has 1 fully saturated rings. The Bertz CT molecular complexity index is 119. The zero-order valence-electron chi connectivity index (χ0n) is 9.26. The van der Waals surface area contributed by atoms with Crippen LogP contribution in [0.15, 0.2) is 0 Å². The fourth-order valence-corrected chi connectivity index (χ4v) is 2.22. The van der Waals surface area contributed by atoms with Crippen LogP contribution in [-0.4, -0.2) is 31.8 Å². The topological polar surface area (TPSA) is 3.24 Å². The molecule has 0 aromatic carbocycles. The highest BCUT2D eigenvalue weighted by Gasteiger charge is 2.17. The number of likely N-dealkylation sites (tertiary alicyclic amines) is 1. The molecule has 1 saturated heterocycles. The molecule has 1 rings (SSSR count). The molecule has 0 aromatic heterocycles. The van der Waals surface area contributed by atoms with Crippen LogP contribution in [-0.2, 0) is 0 Å². The van der Waals surface area contributed by atoms with Gasteiger partial charge >= 0.3 is 0 Å². The summed E-state index contributed by atoms with van der Waals surface area (Å²) < 4.78 is 0. The highest BCUT2D eigenvalue weighted by molar-refractivity contribution is 6.33. The number of hydrogen-bond acceptors (Lipinski definition) is 1. The Morgan fingerprint density at radius 3 is 2.54 bits per heavy atom. The molecule has 75 valence electrons. The standard InChI is InChI=1S/C11H23BN/c1-3-4-11-5-8-13(9-6-11)10-7-12-2/h11H,3-10H2,1-2H3. The lowest BCUT2D eigenvalue weighted by Crippen LogP contribution is -2.34. The highest BCUT2D eigenvalue weighted by atomic mass is 15.1. The molecule has 0 amide bonds. The molecule has 2 heteroatoms. The summed E-state index contributed by atoms with van der Waals surface area (Å²) in [7, 11) is 2.28. The van der Waals surface area contributed by atoms with E-state index >= 15 is 0 Å². The van der Waals surface area contributed by atoms with Crippen LogP contribution in [0, 0.1) is 5.92 Å². The fourth-order valence-electron chi connectivity index (χ4n) is 2.22. The monoisotopic (exact) mass is 180 g/mol. The van der Waals surface area contributed by atoms with E-state index in [2.05, 4.69) is 25.9 Å². The van der Waals surface area contributed by atoms with Crippen molar-refractivity contribution in [2.24, 2.45) is 5.92 Å². The van der Waals surface area contributed by atoms with Gasteiger partial charge in [0, 0.05) is 0 Å². The average molecular weight is 180 g/mol. The molecule has 1 nitrogen and oxygen atoms in total. The smallest absolute Gasteiger partial charge is 0.107 e. The van der Waals surface area contributed by atoms with Crippen LogP contribution in [0.5, 0.6) is 0 Å². The fraction of sp³-hybridized carbons (Fsp3) is 1.00. The maximum Gasteiger partial charge on any atom is 0.107 e. The third-order valence-electron chi connectivity index (χ3n) is 3.14. The number of piperidine rings is 1. The van der Waals surface area contributed by atoms with Gasteiger partial charge in [-0.2, -0.15) is 0 Å². The summed E-state index contributed by atoms with van der Waals surface area (Å²) >= 11 is 0. The molecule has 0 saturated carbocycles. The molecule has 0 N–H and O–H groups in total. The minimum atomic E-state index is 1.03. The van der Waals surface area contributed by atoms with Gasteiger partial charge in [-0.1, -0.05) is 32.9 Å². The van der Waals surface area contributed by atoms with E-state index in [-0.39, 0.29) is 0 Å². The maximum absolute atomic E-state index is 2.62. The first-order valence-corrected chi connectivity index (χ1v) is 5.87. The second kappa shape index (κ2) is 6.47. The Morgan fingerprint density at radius 1 is 1.31 bits per heavy atom. The van der Waals surface area contributed by atoms with Gasteiger partial charge in [0.25, 0.3) is 0 Å². The van der Waals surface area contributed by atoms with Gasteiger partial charge in [-0.3, -0.25) is 0 Å². The minimum Gasteiger partial charge on any atom is -0.304 e. The molecule has 0 unspecified atom stereocenters. The van der Waals surface area contributed by atoms with Crippen LogP contribution in [0.2, 0.25) is 13.1 Å². The summed E-state index contributed by atoms with van der Waals surface area (Å²) in [6, 6.07) is 0. The molecular weight excluding hydrogens is 157 g/mol. The quantitative estimate of drug-likeness (QED) is 0.588. The van der Waals surface area contributed by atoms with Gasteiger partial charge in [-0.15, -0.1) is 0 Å². The first kappa shape index (κ1) is 11.1. The summed E-state index contributed by atoms with van der Waals surface area (Å²) in [5.74, 6) is 1.03. The van der Waals surface area contributed by atoms with Crippen molar-refractivity contribution in [3.05, 3.63) is 0 Å². The van der Waals surface area contributed by atoms with Gasteiger partial charge in [0.15, 0.2) is 0 Å². The molecule has 1 aliphatic rings. The molecule has 1 heterocycles. The van der Waals surface area contributed by atoms with Gasteiger partial charge < -0.3 is 4.90 Å². The van der Waals surface area contributed by atoms with Crippen molar-refractivity contribution < 1.29 is 0 Å². The molecular formula is C11H23BN. The number of rotatable bonds is 5. The Balaban J connectivity index is 2.08. The summed E-state index contributed by atoms with van der Waals surface area (Å²) in [5.41, 5.74) is 0. The lowest BCUT2D eigenvalue weighted by Gasteiger charge is -2.31. The Kier molecular flexibility index (Phi) is 5.53. The van der Waals surface area contributed by atoms with Crippen LogP contribution in [0.4, 0.5) is 0 Å². The van der Waals surface area contributed by atoms with Crippen molar-refractivity contribution >= 4 is 7.28 Å². The molecule has 0 aromatic rings. The van der Waals surface area contributed by atoms with Gasteiger partial charge in [0.1, 0.15) is 7.28 Å². The van der Waals surface area contributed by atoms with Crippen LogP contribution >= 0.6 is 0 Å². The van der Waals surface area contributed by atoms with Crippen LogP contribution < -0.4 is 0 Å². The lowest BCUT2D eigenvalue weighted by atomic mass is 9.78. The van der Waals surface area contributed by atoms with E-state index in [1.165, 1.54) is 51.6 Å². The number of hydrogen-bond donors (Lipinski definition) is 0. The predicted octanol–water partition coefficient (Wildman–Crippen LogP) is 2.67. The van der Waals surface area contributed by atoms with Gasteiger partial charge in [0.05, 0.1) is 0 Å². The van der Waals surface area contributed by atoms with Crippen LogP contribution in [0.3, 0.4) is 0 Å². The zero-order valence-corrected chi connectivity index (χ0v) is 9.26. The third-order valence-corrected chi connectivity index (χ3v) is 3.14. The molecule has 1 radical (unpaired) electrons. The second-order valence-corrected chi connectivity index (χ2v) is 4.27. The Hall–Kier alpha value is 0.0249. The molecule has 0 bridgehead atoms. The van der Waals surface area contributed by atoms with Crippen LogP contribution in [0.1, 0.15) is 32.6 Å². The predicted molar refractivity (Wildman–Crippen MR) is 60.5 cm³/mol. The first-order chi connectivity index (χ1) is 6.36. The summed E-state index contributed by atoms with van der Waals surface area (Å²) in [4.78, 5) is 2.62. The molecule has 13 heavy (non-hydrogen) atoms. The van der Waals surface area contributed by atoms with Crippen molar-refractivity contribution in [3.8, 4) is 0 Å². The van der Waals surface area contributed by atoms with Crippen molar-refractivity contribution in [2.45, 2.75) is 45.8 Å². The molecule has 1 aliphatic heterocycles. The molecule has 0 spiro atoms. The summed E-state index contributed by atoms with van der Waals surface area (Å²) in [6.07, 6.45) is 6.97. The zero-order chi connectivity index (χ0) is 9.52. The van der Waals surface area contributed by atoms with Crippen molar-refractivity contribution in [1.29, 1.82) is 0 Å². The number of nitrogens with zero attached hydrogens (tertiary/aromatic N) is 1. The Labute approximate surface area is 84.1 Å². The first-order valence-electron chi connectivity index (χ1n) is 5.87. The molecule has 0 atom stereocenters. The maximum atomic E-state index is 2.62. The van der Waals surface area contributed by atoms with E-state index < -0.39 is 0 Å². The molecule has 0 aliphatic carbocycles. The van der Waals surface area contributed by atoms with Gasteiger partial charge in [-0.05, 0) is 38.4 Å². The Morgan fingerprint density at radius 2 is 2.00 bits per heavy atom. The third kappa shape index (κ3) is 4.17. The van der Waals surface area contributed by atoms with Gasteiger partial charge in [0.2, 0.25) is 0 Å². The van der Waals surface area contributed by atoms with E-state index in [4.69, 9.17) is 0 Å². The second-order valence-electron chi connectivity index (χ2n) is 4.27.